The largest absolute Gasteiger partial charge is 0.274 e. The number of hydroxylamine groups is 1. The molecule has 0 saturated carbocycles. The average molecular weight is 433 g/mol. The van der Waals surface area contributed by atoms with Gasteiger partial charge in [-0.05, 0) is 30.3 Å². The Balaban J connectivity index is 1.65. The van der Waals surface area contributed by atoms with Crippen molar-refractivity contribution in [2.24, 2.45) is 5.92 Å². The van der Waals surface area contributed by atoms with Crippen LogP contribution in [0.2, 0.25) is 0 Å². The molecule has 0 N–H and O–H groups in total. The topological polar surface area (TPSA) is 93.0 Å². The molecule has 9 heteroatoms. The number of rotatable bonds is 4. The molecule has 5 rings (SSSR count). The summed E-state index contributed by atoms with van der Waals surface area (Å²) in [6, 6.07) is 19.2. The molecule has 0 bridgehead atoms. The summed E-state index contributed by atoms with van der Waals surface area (Å²) in [4.78, 5) is 44.5. The van der Waals surface area contributed by atoms with Crippen LogP contribution in [0.25, 0.3) is 0 Å². The van der Waals surface area contributed by atoms with Crippen molar-refractivity contribution in [2.45, 2.75) is 12.1 Å². The lowest BCUT2D eigenvalue weighted by Crippen LogP contribution is -2.38. The molecule has 0 radical (unpaired) electrons. The van der Waals surface area contributed by atoms with Gasteiger partial charge < -0.3 is 0 Å². The summed E-state index contributed by atoms with van der Waals surface area (Å²) in [6.45, 7) is 0. The zero-order chi connectivity index (χ0) is 22.4. The fourth-order valence-corrected chi connectivity index (χ4v) is 4.30. The number of hydrogen-bond acceptors (Lipinski definition) is 6. The third-order valence-corrected chi connectivity index (χ3v) is 5.67. The number of nitro groups is 1. The molecule has 2 amide bonds. The second-order valence-corrected chi connectivity index (χ2v) is 7.44. The summed E-state index contributed by atoms with van der Waals surface area (Å²) < 4.78 is 14.4. The van der Waals surface area contributed by atoms with E-state index >= 15 is 0 Å². The van der Waals surface area contributed by atoms with Gasteiger partial charge in [0.15, 0.2) is 6.10 Å². The number of benzene rings is 3. The molecule has 0 aromatic heterocycles. The Labute approximate surface area is 181 Å². The van der Waals surface area contributed by atoms with Crippen molar-refractivity contribution in [3.05, 3.63) is 100 Å². The van der Waals surface area contributed by atoms with Crippen molar-refractivity contribution < 1.29 is 23.7 Å². The van der Waals surface area contributed by atoms with Crippen LogP contribution in [0, 0.1) is 21.8 Å². The van der Waals surface area contributed by atoms with E-state index in [-0.39, 0.29) is 16.9 Å². The van der Waals surface area contributed by atoms with Crippen molar-refractivity contribution >= 4 is 28.9 Å². The van der Waals surface area contributed by atoms with Gasteiger partial charge in [-0.3, -0.25) is 24.5 Å². The number of carbonyl (C=O) groups is 2. The lowest BCUT2D eigenvalue weighted by Gasteiger charge is -2.28. The summed E-state index contributed by atoms with van der Waals surface area (Å²) in [5.41, 5.74) is 0.383. The molecule has 160 valence electrons. The highest BCUT2D eigenvalue weighted by atomic mass is 19.1. The summed E-state index contributed by atoms with van der Waals surface area (Å²) in [6.07, 6.45) is -1.24. The zero-order valence-corrected chi connectivity index (χ0v) is 16.5. The normalized spacial score (nSPS) is 22.3. The molecule has 0 spiro atoms. The highest BCUT2D eigenvalue weighted by molar-refractivity contribution is 6.24. The summed E-state index contributed by atoms with van der Waals surface area (Å²) >= 11 is 0. The first-order valence-corrected chi connectivity index (χ1v) is 9.85. The first-order chi connectivity index (χ1) is 15.5. The van der Waals surface area contributed by atoms with Crippen LogP contribution in [0.4, 0.5) is 21.5 Å². The van der Waals surface area contributed by atoms with E-state index in [0.717, 1.165) is 11.0 Å². The van der Waals surface area contributed by atoms with Crippen LogP contribution in [-0.2, 0) is 14.4 Å². The van der Waals surface area contributed by atoms with Crippen molar-refractivity contribution in [3.8, 4) is 0 Å². The van der Waals surface area contributed by atoms with E-state index in [4.69, 9.17) is 4.84 Å². The fourth-order valence-electron chi connectivity index (χ4n) is 4.30. The maximum atomic E-state index is 14.4. The molecule has 2 fully saturated rings. The second-order valence-electron chi connectivity index (χ2n) is 7.44. The van der Waals surface area contributed by atoms with Crippen LogP contribution < -0.4 is 9.96 Å². The van der Waals surface area contributed by atoms with E-state index < -0.39 is 40.6 Å². The number of imide groups is 1. The minimum Gasteiger partial charge on any atom is -0.273 e. The van der Waals surface area contributed by atoms with Crippen molar-refractivity contribution in [1.82, 2.24) is 0 Å². The first-order valence-electron chi connectivity index (χ1n) is 9.85. The van der Waals surface area contributed by atoms with Crippen LogP contribution in [0.15, 0.2) is 78.9 Å². The standard InChI is InChI=1S/C23H16FN3O5/c24-16-11-5-7-13-18(16)25-22(28)19-20(15-10-4-6-12-17(15)27(30)31)26(32-21(19)23(25)29)14-8-2-1-3-9-14/h1-13,19-21H. The number of carbonyl (C=O) groups excluding carboxylic acids is 2. The zero-order valence-electron chi connectivity index (χ0n) is 16.5. The molecule has 0 aliphatic carbocycles. The number of nitro benzene ring substituents is 1. The number of halogens is 1. The van der Waals surface area contributed by atoms with Gasteiger partial charge in [0.05, 0.1) is 21.9 Å². The molecule has 3 unspecified atom stereocenters. The van der Waals surface area contributed by atoms with E-state index in [9.17, 15) is 24.1 Å². The summed E-state index contributed by atoms with van der Waals surface area (Å²) in [7, 11) is 0. The molecule has 2 aliphatic rings. The first kappa shape index (κ1) is 19.8. The molecule has 2 aliphatic heterocycles. The van der Waals surface area contributed by atoms with Gasteiger partial charge in [0, 0.05) is 6.07 Å². The Kier molecular flexibility index (Phi) is 4.67. The molecule has 3 aromatic carbocycles. The number of hydrogen-bond donors (Lipinski definition) is 0. The minimum absolute atomic E-state index is 0.173. The van der Waals surface area contributed by atoms with Gasteiger partial charge in [-0.2, -0.15) is 0 Å². The Hall–Kier alpha value is -4.11. The lowest BCUT2D eigenvalue weighted by atomic mass is 9.89. The van der Waals surface area contributed by atoms with Gasteiger partial charge in [0.25, 0.3) is 11.6 Å². The number of fused-ring (bicyclic) bond motifs is 1. The van der Waals surface area contributed by atoms with E-state index in [1.807, 2.05) is 0 Å². The van der Waals surface area contributed by atoms with Crippen LogP contribution in [0.1, 0.15) is 11.6 Å². The maximum absolute atomic E-state index is 14.4. The maximum Gasteiger partial charge on any atom is 0.274 e. The molecule has 2 heterocycles. The quantitative estimate of drug-likeness (QED) is 0.353. The van der Waals surface area contributed by atoms with Crippen LogP contribution in [-0.4, -0.2) is 22.8 Å². The number of anilines is 2. The van der Waals surface area contributed by atoms with Gasteiger partial charge in [-0.15, -0.1) is 0 Å². The molecule has 3 aromatic rings. The summed E-state index contributed by atoms with van der Waals surface area (Å²) in [5.74, 6) is -3.21. The van der Waals surface area contributed by atoms with Crippen LogP contribution in [0.3, 0.4) is 0 Å². The van der Waals surface area contributed by atoms with Gasteiger partial charge in [-0.25, -0.2) is 14.4 Å². The molecular formula is C23H16FN3O5. The number of nitrogens with zero attached hydrogens (tertiary/aromatic N) is 3. The SMILES string of the molecule is O=C1C2ON(c3ccccc3)C(c3ccccc3[N+](=O)[O-])C2C(=O)N1c1ccccc1F. The van der Waals surface area contributed by atoms with E-state index in [1.165, 1.54) is 41.5 Å². The van der Waals surface area contributed by atoms with Crippen molar-refractivity contribution in [2.75, 3.05) is 9.96 Å². The Morgan fingerprint density at radius 3 is 2.25 bits per heavy atom. The number of amides is 2. The third-order valence-electron chi connectivity index (χ3n) is 5.67. The van der Waals surface area contributed by atoms with E-state index in [1.54, 1.807) is 36.4 Å². The van der Waals surface area contributed by atoms with Crippen LogP contribution >= 0.6 is 0 Å². The monoisotopic (exact) mass is 433 g/mol. The van der Waals surface area contributed by atoms with Gasteiger partial charge in [0.2, 0.25) is 5.91 Å². The Morgan fingerprint density at radius 2 is 1.53 bits per heavy atom. The smallest absolute Gasteiger partial charge is 0.273 e. The Morgan fingerprint density at radius 1 is 0.875 bits per heavy atom. The van der Waals surface area contributed by atoms with E-state index in [2.05, 4.69) is 0 Å². The lowest BCUT2D eigenvalue weighted by molar-refractivity contribution is -0.385. The fraction of sp³-hybridized carbons (Fsp3) is 0.130. The van der Waals surface area contributed by atoms with Crippen molar-refractivity contribution in [1.29, 1.82) is 0 Å². The predicted octanol–water partition coefficient (Wildman–Crippen LogP) is 3.79. The highest BCUT2D eigenvalue weighted by Gasteiger charge is 2.61. The van der Waals surface area contributed by atoms with Gasteiger partial charge in [-0.1, -0.05) is 42.5 Å². The van der Waals surface area contributed by atoms with E-state index in [0.29, 0.717) is 5.69 Å². The molecule has 8 nitrogen and oxygen atoms in total. The second kappa shape index (κ2) is 7.54. The molecule has 2 saturated heterocycles. The Bertz CT molecular complexity index is 1240. The number of para-hydroxylation sites is 3. The third kappa shape index (κ3) is 2.94. The molecule has 32 heavy (non-hydrogen) atoms. The average Bonchev–Trinajstić information content (AvgIpc) is 3.31. The van der Waals surface area contributed by atoms with Gasteiger partial charge >= 0.3 is 0 Å². The summed E-state index contributed by atoms with van der Waals surface area (Å²) in [5, 5.41) is 13.1. The molecular weight excluding hydrogens is 417 g/mol. The molecule has 3 atom stereocenters. The minimum atomic E-state index is -1.24. The predicted molar refractivity (Wildman–Crippen MR) is 112 cm³/mol. The highest BCUT2D eigenvalue weighted by Crippen LogP contribution is 2.49. The van der Waals surface area contributed by atoms with Gasteiger partial charge in [0.1, 0.15) is 17.8 Å². The van der Waals surface area contributed by atoms with Crippen molar-refractivity contribution in [3.63, 3.8) is 0 Å². The van der Waals surface area contributed by atoms with Crippen LogP contribution in [0.5, 0.6) is 0 Å².